The van der Waals surface area contributed by atoms with Crippen LogP contribution >= 0.6 is 0 Å². The molecule has 2 aliphatic heterocycles. The molecule has 0 fully saturated rings. The highest BCUT2D eigenvalue weighted by Crippen LogP contribution is 2.42. The van der Waals surface area contributed by atoms with Gasteiger partial charge in [-0.2, -0.15) is 0 Å². The van der Waals surface area contributed by atoms with Crippen molar-refractivity contribution in [3.05, 3.63) is 57.2 Å². The summed E-state index contributed by atoms with van der Waals surface area (Å²) in [6.07, 6.45) is 0. The monoisotopic (exact) mass is 374 g/mol. The van der Waals surface area contributed by atoms with Crippen LogP contribution in [0.4, 0.5) is 22.0 Å². The van der Waals surface area contributed by atoms with Gasteiger partial charge in [0.15, 0.2) is 29.1 Å². The standard InChI is InChI=1S/C16H11F5N2O3/c1-4-7(16(25)26)9(8-5(23-4)2-22-3-6(8)24)10-11(17)13(19)15(21)14(20)12(10)18/h9,22-23H,2-3H2,1H3,(H,25,26)/t9-/m1/s1. The second kappa shape index (κ2) is 6.20. The molecule has 2 heterocycles. The van der Waals surface area contributed by atoms with E-state index in [1.165, 1.54) is 6.92 Å². The number of nitrogens with one attached hydrogen (secondary N) is 2. The lowest BCUT2D eigenvalue weighted by Gasteiger charge is -2.34. The average molecular weight is 374 g/mol. The van der Waals surface area contributed by atoms with Gasteiger partial charge in [0.05, 0.1) is 18.0 Å². The summed E-state index contributed by atoms with van der Waals surface area (Å²) in [5, 5.41) is 14.8. The molecule has 3 N–H and O–H groups in total. The number of rotatable bonds is 2. The number of hydrogen-bond donors (Lipinski definition) is 3. The number of aliphatic carboxylic acids is 1. The summed E-state index contributed by atoms with van der Waals surface area (Å²) in [5.41, 5.74) is -2.31. The first-order valence-corrected chi connectivity index (χ1v) is 7.36. The smallest absolute Gasteiger partial charge is 0.334 e. The van der Waals surface area contributed by atoms with E-state index >= 15 is 0 Å². The third kappa shape index (κ3) is 2.48. The number of benzene rings is 1. The SMILES string of the molecule is CC1=C(C(=O)O)[C@@H](c2c(F)c(F)c(F)c(F)c2F)C2=C(CNCC2=O)N1. The molecule has 26 heavy (non-hydrogen) atoms. The van der Waals surface area contributed by atoms with Gasteiger partial charge >= 0.3 is 5.97 Å². The molecular weight excluding hydrogens is 363 g/mol. The highest BCUT2D eigenvalue weighted by molar-refractivity contribution is 6.04. The fourth-order valence-electron chi connectivity index (χ4n) is 3.21. The van der Waals surface area contributed by atoms with Crippen molar-refractivity contribution in [2.45, 2.75) is 12.8 Å². The van der Waals surface area contributed by atoms with E-state index in [-0.39, 0.29) is 30.1 Å². The molecule has 1 aromatic carbocycles. The molecule has 0 saturated carbocycles. The Morgan fingerprint density at radius 1 is 1.00 bits per heavy atom. The summed E-state index contributed by atoms with van der Waals surface area (Å²) in [7, 11) is 0. The molecule has 5 nitrogen and oxygen atoms in total. The molecule has 1 atom stereocenters. The largest absolute Gasteiger partial charge is 0.478 e. The van der Waals surface area contributed by atoms with E-state index in [9.17, 15) is 36.6 Å². The summed E-state index contributed by atoms with van der Waals surface area (Å²) in [5.74, 6) is -15.4. The number of Topliss-reactive ketones (excluding diaryl/α,β-unsaturated/α-hetero) is 1. The van der Waals surface area contributed by atoms with E-state index < -0.39 is 57.9 Å². The molecule has 0 unspecified atom stereocenters. The van der Waals surface area contributed by atoms with Crippen LogP contribution in [0.5, 0.6) is 0 Å². The van der Waals surface area contributed by atoms with Gasteiger partial charge in [-0.25, -0.2) is 26.7 Å². The van der Waals surface area contributed by atoms with Crippen LogP contribution in [0.25, 0.3) is 0 Å². The Bertz CT molecular complexity index is 894. The highest BCUT2D eigenvalue weighted by Gasteiger charge is 2.43. The number of halogens is 5. The van der Waals surface area contributed by atoms with E-state index in [2.05, 4.69) is 10.6 Å². The molecule has 0 saturated heterocycles. The number of carbonyl (C=O) groups excluding carboxylic acids is 1. The molecule has 0 radical (unpaired) electrons. The van der Waals surface area contributed by atoms with Gasteiger partial charge in [0, 0.05) is 29.1 Å². The summed E-state index contributed by atoms with van der Waals surface area (Å²) >= 11 is 0. The Morgan fingerprint density at radius 3 is 2.08 bits per heavy atom. The fraction of sp³-hybridized carbons (Fsp3) is 0.250. The Labute approximate surface area is 143 Å². The van der Waals surface area contributed by atoms with Crippen LogP contribution in [0.2, 0.25) is 0 Å². The number of dihydropyridines is 1. The van der Waals surface area contributed by atoms with E-state index in [4.69, 9.17) is 0 Å². The maximum Gasteiger partial charge on any atom is 0.334 e. The Hall–Kier alpha value is -2.75. The third-order valence-corrected chi connectivity index (χ3v) is 4.30. The van der Waals surface area contributed by atoms with Crippen molar-refractivity contribution >= 4 is 11.8 Å². The Morgan fingerprint density at radius 2 is 1.54 bits per heavy atom. The predicted octanol–water partition coefficient (Wildman–Crippen LogP) is 1.85. The highest BCUT2D eigenvalue weighted by atomic mass is 19.2. The summed E-state index contributed by atoms with van der Waals surface area (Å²) in [6.45, 7) is 1.04. The van der Waals surface area contributed by atoms with Gasteiger partial charge in [0.25, 0.3) is 0 Å². The number of carboxylic acid groups (broad SMARTS) is 1. The quantitative estimate of drug-likeness (QED) is 0.418. The first-order chi connectivity index (χ1) is 12.2. The van der Waals surface area contributed by atoms with E-state index in [0.29, 0.717) is 0 Å². The molecule has 0 amide bonds. The zero-order valence-corrected chi connectivity index (χ0v) is 13.1. The molecule has 10 heteroatoms. The number of allylic oxidation sites excluding steroid dienone is 1. The number of ketones is 1. The van der Waals surface area contributed by atoms with Crippen LogP contribution in [0.1, 0.15) is 18.4 Å². The van der Waals surface area contributed by atoms with Gasteiger partial charge in [-0.1, -0.05) is 0 Å². The first-order valence-electron chi connectivity index (χ1n) is 7.36. The zero-order chi connectivity index (χ0) is 19.3. The molecule has 2 aliphatic rings. The van der Waals surface area contributed by atoms with Crippen LogP contribution in [0, 0.1) is 29.1 Å². The third-order valence-electron chi connectivity index (χ3n) is 4.30. The molecule has 0 aliphatic carbocycles. The topological polar surface area (TPSA) is 78.4 Å². The summed E-state index contributed by atoms with van der Waals surface area (Å²) < 4.78 is 69.3. The lowest BCUT2D eigenvalue weighted by molar-refractivity contribution is -0.133. The van der Waals surface area contributed by atoms with Crippen LogP contribution in [-0.2, 0) is 9.59 Å². The fourth-order valence-corrected chi connectivity index (χ4v) is 3.21. The van der Waals surface area contributed by atoms with Gasteiger partial charge in [-0.05, 0) is 6.92 Å². The molecule has 1 aromatic rings. The summed E-state index contributed by atoms with van der Waals surface area (Å²) in [6, 6.07) is 0. The molecule has 138 valence electrons. The van der Waals surface area contributed by atoms with Crippen molar-refractivity contribution in [2.75, 3.05) is 13.1 Å². The van der Waals surface area contributed by atoms with Crippen LogP contribution in [-0.4, -0.2) is 29.9 Å². The van der Waals surface area contributed by atoms with Crippen LogP contribution in [0.3, 0.4) is 0 Å². The zero-order valence-electron chi connectivity index (χ0n) is 13.1. The first kappa shape index (κ1) is 18.1. The number of carbonyl (C=O) groups is 2. The lowest BCUT2D eigenvalue weighted by Crippen LogP contribution is -2.43. The number of carboxylic acids is 1. The normalized spacial score (nSPS) is 20.2. The van der Waals surface area contributed by atoms with Crippen molar-refractivity contribution in [1.29, 1.82) is 0 Å². The summed E-state index contributed by atoms with van der Waals surface area (Å²) in [4.78, 5) is 23.9. The minimum atomic E-state index is -2.36. The molecule has 0 bridgehead atoms. The molecular formula is C16H11F5N2O3. The molecule has 0 spiro atoms. The minimum absolute atomic E-state index is 0.0389. The van der Waals surface area contributed by atoms with Gasteiger partial charge < -0.3 is 15.7 Å². The minimum Gasteiger partial charge on any atom is -0.478 e. The number of hydrogen-bond acceptors (Lipinski definition) is 4. The van der Waals surface area contributed by atoms with Gasteiger partial charge in [0.1, 0.15) is 0 Å². The van der Waals surface area contributed by atoms with E-state index in [1.54, 1.807) is 0 Å². The van der Waals surface area contributed by atoms with E-state index in [1.807, 2.05) is 0 Å². The average Bonchev–Trinajstić information content (AvgIpc) is 2.57. The predicted molar refractivity (Wildman–Crippen MR) is 77.3 cm³/mol. The van der Waals surface area contributed by atoms with E-state index in [0.717, 1.165) is 0 Å². The van der Waals surface area contributed by atoms with Crippen LogP contribution < -0.4 is 10.6 Å². The maximum atomic E-state index is 14.3. The van der Waals surface area contributed by atoms with Crippen molar-refractivity contribution < 1.29 is 36.6 Å². The second-order valence-corrected chi connectivity index (χ2v) is 5.80. The van der Waals surface area contributed by atoms with Crippen molar-refractivity contribution in [2.24, 2.45) is 0 Å². The van der Waals surface area contributed by atoms with Crippen molar-refractivity contribution in [1.82, 2.24) is 10.6 Å². The van der Waals surface area contributed by atoms with Gasteiger partial charge in [-0.15, -0.1) is 0 Å². The Balaban J connectivity index is 2.39. The maximum absolute atomic E-state index is 14.3. The lowest BCUT2D eigenvalue weighted by atomic mass is 9.77. The Kier molecular flexibility index (Phi) is 4.31. The molecule has 3 rings (SSSR count). The van der Waals surface area contributed by atoms with Crippen molar-refractivity contribution in [3.63, 3.8) is 0 Å². The van der Waals surface area contributed by atoms with Gasteiger partial charge in [0.2, 0.25) is 5.82 Å². The van der Waals surface area contributed by atoms with Crippen molar-refractivity contribution in [3.8, 4) is 0 Å². The van der Waals surface area contributed by atoms with Crippen LogP contribution in [0.15, 0.2) is 22.5 Å². The van der Waals surface area contributed by atoms with Gasteiger partial charge in [-0.3, -0.25) is 4.79 Å². The molecule has 0 aromatic heterocycles. The second-order valence-electron chi connectivity index (χ2n) is 5.80.